The number of hydrogen-bond donors (Lipinski definition) is 2. The average molecular weight is 255 g/mol. The van der Waals surface area contributed by atoms with Crippen molar-refractivity contribution < 1.29 is 5.11 Å². The summed E-state index contributed by atoms with van der Waals surface area (Å²) < 4.78 is 0. The molecular formula is C17H21NO. The molecule has 0 amide bonds. The van der Waals surface area contributed by atoms with Gasteiger partial charge in [0.15, 0.2) is 0 Å². The van der Waals surface area contributed by atoms with Gasteiger partial charge in [-0.1, -0.05) is 49.2 Å². The van der Waals surface area contributed by atoms with Crippen molar-refractivity contribution in [3.05, 3.63) is 59.2 Å². The molecule has 0 aliphatic carbocycles. The number of phenols is 1. The summed E-state index contributed by atoms with van der Waals surface area (Å²) in [5, 5.41) is 13.3. The molecular weight excluding hydrogens is 234 g/mol. The SMILES string of the molecule is CCCc1ccccc1NCc1cc(C)ccc1O. The molecule has 0 unspecified atom stereocenters. The number of nitrogens with one attached hydrogen (secondary N) is 1. The molecule has 2 aromatic rings. The maximum absolute atomic E-state index is 9.85. The van der Waals surface area contributed by atoms with E-state index in [9.17, 15) is 5.11 Å². The average Bonchev–Trinajstić information content (AvgIpc) is 2.42. The van der Waals surface area contributed by atoms with Gasteiger partial charge in [0.1, 0.15) is 5.75 Å². The number of anilines is 1. The molecule has 0 aliphatic rings. The minimum Gasteiger partial charge on any atom is -0.508 e. The normalized spacial score (nSPS) is 10.4. The highest BCUT2D eigenvalue weighted by molar-refractivity contribution is 5.52. The molecule has 2 aromatic carbocycles. The molecule has 0 atom stereocenters. The monoisotopic (exact) mass is 255 g/mol. The number of benzene rings is 2. The Balaban J connectivity index is 2.12. The van der Waals surface area contributed by atoms with Crippen molar-refractivity contribution in [3.63, 3.8) is 0 Å². The second-order valence-corrected chi connectivity index (χ2v) is 4.89. The van der Waals surface area contributed by atoms with Crippen molar-refractivity contribution in [1.82, 2.24) is 0 Å². The van der Waals surface area contributed by atoms with E-state index in [1.807, 2.05) is 25.1 Å². The van der Waals surface area contributed by atoms with Crippen LogP contribution in [0.2, 0.25) is 0 Å². The first-order chi connectivity index (χ1) is 9.20. The van der Waals surface area contributed by atoms with Gasteiger partial charge in [-0.3, -0.25) is 0 Å². The molecule has 2 N–H and O–H groups in total. The Morgan fingerprint density at radius 3 is 2.63 bits per heavy atom. The molecule has 0 radical (unpaired) electrons. The highest BCUT2D eigenvalue weighted by Crippen LogP contribution is 2.22. The van der Waals surface area contributed by atoms with Crippen LogP contribution in [0.3, 0.4) is 0 Å². The molecule has 2 nitrogen and oxygen atoms in total. The lowest BCUT2D eigenvalue weighted by atomic mass is 10.1. The molecule has 19 heavy (non-hydrogen) atoms. The fourth-order valence-electron chi connectivity index (χ4n) is 2.23. The summed E-state index contributed by atoms with van der Waals surface area (Å²) in [6, 6.07) is 14.1. The lowest BCUT2D eigenvalue weighted by Crippen LogP contribution is -2.03. The van der Waals surface area contributed by atoms with Crippen molar-refractivity contribution in [3.8, 4) is 5.75 Å². The van der Waals surface area contributed by atoms with Crippen molar-refractivity contribution in [2.24, 2.45) is 0 Å². The third-order valence-corrected chi connectivity index (χ3v) is 3.24. The van der Waals surface area contributed by atoms with Crippen LogP contribution in [0.4, 0.5) is 5.69 Å². The van der Waals surface area contributed by atoms with Gasteiger partial charge in [0.25, 0.3) is 0 Å². The van der Waals surface area contributed by atoms with Crippen molar-refractivity contribution in [1.29, 1.82) is 0 Å². The Morgan fingerprint density at radius 2 is 1.84 bits per heavy atom. The summed E-state index contributed by atoms with van der Waals surface area (Å²) in [5.41, 5.74) is 4.59. The molecule has 2 heteroatoms. The van der Waals surface area contributed by atoms with Crippen LogP contribution < -0.4 is 5.32 Å². The van der Waals surface area contributed by atoms with Gasteiger partial charge in [-0.05, 0) is 31.0 Å². The smallest absolute Gasteiger partial charge is 0.120 e. The highest BCUT2D eigenvalue weighted by Gasteiger charge is 2.04. The third-order valence-electron chi connectivity index (χ3n) is 3.24. The number of rotatable bonds is 5. The van der Waals surface area contributed by atoms with E-state index in [4.69, 9.17) is 0 Å². The van der Waals surface area contributed by atoms with E-state index in [0.29, 0.717) is 12.3 Å². The topological polar surface area (TPSA) is 32.3 Å². The number of phenolic OH excluding ortho intramolecular Hbond substituents is 1. The van der Waals surface area contributed by atoms with Gasteiger partial charge < -0.3 is 10.4 Å². The molecule has 100 valence electrons. The van der Waals surface area contributed by atoms with Crippen molar-refractivity contribution >= 4 is 5.69 Å². The van der Waals surface area contributed by atoms with E-state index in [0.717, 1.165) is 29.7 Å². The summed E-state index contributed by atoms with van der Waals surface area (Å²) in [5.74, 6) is 0.353. The molecule has 0 bridgehead atoms. The lowest BCUT2D eigenvalue weighted by molar-refractivity contribution is 0.469. The lowest BCUT2D eigenvalue weighted by Gasteiger charge is -2.12. The first-order valence-electron chi connectivity index (χ1n) is 6.81. The van der Waals surface area contributed by atoms with Crippen molar-refractivity contribution in [2.45, 2.75) is 33.2 Å². The van der Waals surface area contributed by atoms with Crippen LogP contribution >= 0.6 is 0 Å². The summed E-state index contributed by atoms with van der Waals surface area (Å²) in [4.78, 5) is 0. The summed E-state index contributed by atoms with van der Waals surface area (Å²) in [6.45, 7) is 4.87. The second kappa shape index (κ2) is 6.28. The van der Waals surface area contributed by atoms with E-state index in [1.165, 1.54) is 5.56 Å². The van der Waals surface area contributed by atoms with E-state index < -0.39 is 0 Å². The molecule has 0 aliphatic heterocycles. The van der Waals surface area contributed by atoms with Crippen LogP contribution in [-0.4, -0.2) is 5.11 Å². The predicted molar refractivity (Wildman–Crippen MR) is 80.6 cm³/mol. The van der Waals surface area contributed by atoms with Gasteiger partial charge in [0.05, 0.1) is 0 Å². The van der Waals surface area contributed by atoms with Crippen LogP contribution in [0.25, 0.3) is 0 Å². The molecule has 0 spiro atoms. The van der Waals surface area contributed by atoms with Gasteiger partial charge in [0, 0.05) is 17.8 Å². The zero-order valence-corrected chi connectivity index (χ0v) is 11.6. The van der Waals surface area contributed by atoms with Crippen LogP contribution in [0, 0.1) is 6.92 Å². The molecule has 0 heterocycles. The predicted octanol–water partition coefficient (Wildman–Crippen LogP) is 4.27. The molecule has 0 fully saturated rings. The Hall–Kier alpha value is -1.96. The van der Waals surface area contributed by atoms with Gasteiger partial charge in [0.2, 0.25) is 0 Å². The van der Waals surface area contributed by atoms with Gasteiger partial charge in [-0.2, -0.15) is 0 Å². The maximum atomic E-state index is 9.85. The maximum Gasteiger partial charge on any atom is 0.120 e. The van der Waals surface area contributed by atoms with E-state index in [-0.39, 0.29) is 0 Å². The first-order valence-corrected chi connectivity index (χ1v) is 6.81. The minimum absolute atomic E-state index is 0.353. The summed E-state index contributed by atoms with van der Waals surface area (Å²) >= 11 is 0. The fourth-order valence-corrected chi connectivity index (χ4v) is 2.23. The zero-order chi connectivity index (χ0) is 13.7. The van der Waals surface area contributed by atoms with Crippen molar-refractivity contribution in [2.75, 3.05) is 5.32 Å². The van der Waals surface area contributed by atoms with Crippen LogP contribution in [0.1, 0.15) is 30.0 Å². The van der Waals surface area contributed by atoms with Gasteiger partial charge in [-0.15, -0.1) is 0 Å². The quantitative estimate of drug-likeness (QED) is 0.836. The van der Waals surface area contributed by atoms with E-state index in [1.54, 1.807) is 6.07 Å². The minimum atomic E-state index is 0.353. The van der Waals surface area contributed by atoms with Crippen LogP contribution in [0.15, 0.2) is 42.5 Å². The van der Waals surface area contributed by atoms with Gasteiger partial charge >= 0.3 is 0 Å². The first kappa shape index (κ1) is 13.5. The highest BCUT2D eigenvalue weighted by atomic mass is 16.3. The van der Waals surface area contributed by atoms with Gasteiger partial charge in [-0.25, -0.2) is 0 Å². The Morgan fingerprint density at radius 1 is 1.05 bits per heavy atom. The number of aryl methyl sites for hydroxylation is 2. The van der Waals surface area contributed by atoms with Crippen LogP contribution in [-0.2, 0) is 13.0 Å². The second-order valence-electron chi connectivity index (χ2n) is 4.89. The molecule has 0 saturated carbocycles. The summed E-state index contributed by atoms with van der Waals surface area (Å²) in [6.07, 6.45) is 2.21. The van der Waals surface area contributed by atoms with E-state index >= 15 is 0 Å². The number of para-hydroxylation sites is 1. The standard InChI is InChI=1S/C17H21NO/c1-3-6-14-7-4-5-8-16(14)18-12-15-11-13(2)9-10-17(15)19/h4-5,7-11,18-19H,3,6,12H2,1-2H3. The Kier molecular flexibility index (Phi) is 4.45. The van der Waals surface area contributed by atoms with Crippen LogP contribution in [0.5, 0.6) is 5.75 Å². The Labute approximate surface area is 115 Å². The fraction of sp³-hybridized carbons (Fsp3) is 0.294. The number of hydrogen-bond acceptors (Lipinski definition) is 2. The van der Waals surface area contributed by atoms with E-state index in [2.05, 4.69) is 30.4 Å². The molecule has 0 aromatic heterocycles. The number of aromatic hydroxyl groups is 1. The third kappa shape index (κ3) is 3.50. The molecule has 2 rings (SSSR count). The summed E-state index contributed by atoms with van der Waals surface area (Å²) in [7, 11) is 0. The molecule has 0 saturated heterocycles. The zero-order valence-electron chi connectivity index (χ0n) is 11.6. The largest absolute Gasteiger partial charge is 0.508 e. The Bertz CT molecular complexity index is 549.